The Morgan fingerprint density at radius 3 is 2.53 bits per heavy atom. The van der Waals surface area contributed by atoms with Crippen molar-refractivity contribution in [2.75, 3.05) is 7.11 Å². The summed E-state index contributed by atoms with van der Waals surface area (Å²) in [6.45, 7) is 2.77. The van der Waals surface area contributed by atoms with Crippen LogP contribution < -0.4 is 14.8 Å². The van der Waals surface area contributed by atoms with E-state index in [1.165, 1.54) is 12.8 Å². The predicted octanol–water partition coefficient (Wildman–Crippen LogP) is 5.54. The van der Waals surface area contributed by atoms with Crippen molar-refractivity contribution >= 4 is 12.0 Å². The molecule has 158 valence electrons. The Morgan fingerprint density at radius 1 is 1.03 bits per heavy atom. The average Bonchev–Trinajstić information content (AvgIpc) is 2.78. The molecule has 4 nitrogen and oxygen atoms in total. The zero-order chi connectivity index (χ0) is 21.2. The van der Waals surface area contributed by atoms with Gasteiger partial charge < -0.3 is 14.8 Å². The van der Waals surface area contributed by atoms with E-state index in [0.29, 0.717) is 24.1 Å². The molecule has 1 N–H and O–H groups in total. The first-order valence-corrected chi connectivity index (χ1v) is 10.6. The van der Waals surface area contributed by atoms with Crippen LogP contribution in [0.15, 0.2) is 66.8 Å². The van der Waals surface area contributed by atoms with Gasteiger partial charge in [-0.15, -0.1) is 0 Å². The first-order valence-electron chi connectivity index (χ1n) is 10.6. The van der Waals surface area contributed by atoms with Crippen LogP contribution in [0, 0.1) is 5.92 Å². The lowest BCUT2D eigenvalue weighted by Gasteiger charge is -2.26. The highest BCUT2D eigenvalue weighted by Gasteiger charge is 2.18. The van der Waals surface area contributed by atoms with E-state index >= 15 is 0 Å². The first-order chi connectivity index (χ1) is 14.6. The molecule has 1 amide bonds. The van der Waals surface area contributed by atoms with Crippen molar-refractivity contribution in [3.05, 3.63) is 77.9 Å². The summed E-state index contributed by atoms with van der Waals surface area (Å²) in [4.78, 5) is 12.1. The summed E-state index contributed by atoms with van der Waals surface area (Å²) in [6.07, 6.45) is 11.7. The maximum Gasteiger partial charge on any atom is 0.244 e. The first kappa shape index (κ1) is 21.7. The Balaban J connectivity index is 1.51. The number of benzene rings is 2. The second kappa shape index (κ2) is 11.2. The third-order valence-electron chi connectivity index (χ3n) is 5.43. The van der Waals surface area contributed by atoms with Crippen molar-refractivity contribution in [1.29, 1.82) is 0 Å². The Kier molecular flexibility index (Phi) is 8.13. The van der Waals surface area contributed by atoms with Crippen LogP contribution in [0.3, 0.4) is 0 Å². The van der Waals surface area contributed by atoms with Gasteiger partial charge in [-0.25, -0.2) is 0 Å². The fourth-order valence-electron chi connectivity index (χ4n) is 3.61. The molecule has 2 aromatic carbocycles. The summed E-state index contributed by atoms with van der Waals surface area (Å²) in [5.74, 6) is 2.14. The molecule has 4 heteroatoms. The van der Waals surface area contributed by atoms with Crippen molar-refractivity contribution < 1.29 is 14.3 Å². The standard InChI is InChI=1S/C26H31NO3/c1-20-12-15-23(16-13-20)27-26(28)11-7-6-8-21-14-17-24(25(18-21)29-2)30-19-22-9-4-3-5-10-22/h3-11,14,17-18,20,23H,12-13,15-16,19H2,1-2H3,(H,27,28)/b8-6+,11-7+. The normalized spacial score (nSPS) is 19.1. The van der Waals surface area contributed by atoms with Crippen LogP contribution in [0.25, 0.3) is 6.08 Å². The lowest BCUT2D eigenvalue weighted by Crippen LogP contribution is -2.36. The molecule has 1 saturated carbocycles. The van der Waals surface area contributed by atoms with Crippen molar-refractivity contribution in [2.24, 2.45) is 5.92 Å². The van der Waals surface area contributed by atoms with Gasteiger partial charge in [0.15, 0.2) is 11.5 Å². The van der Waals surface area contributed by atoms with Gasteiger partial charge in [0.1, 0.15) is 6.61 Å². The van der Waals surface area contributed by atoms with Crippen LogP contribution in [0.1, 0.15) is 43.7 Å². The van der Waals surface area contributed by atoms with Gasteiger partial charge >= 0.3 is 0 Å². The zero-order valence-electron chi connectivity index (χ0n) is 17.8. The van der Waals surface area contributed by atoms with Gasteiger partial charge in [-0.2, -0.15) is 0 Å². The molecule has 30 heavy (non-hydrogen) atoms. The number of hydrogen-bond donors (Lipinski definition) is 1. The molecule has 0 radical (unpaired) electrons. The molecule has 0 bridgehead atoms. The summed E-state index contributed by atoms with van der Waals surface area (Å²) in [5.41, 5.74) is 2.08. The second-order valence-electron chi connectivity index (χ2n) is 7.87. The number of carbonyl (C=O) groups is 1. The average molecular weight is 406 g/mol. The van der Waals surface area contributed by atoms with Crippen molar-refractivity contribution in [3.8, 4) is 11.5 Å². The fourth-order valence-corrected chi connectivity index (χ4v) is 3.61. The SMILES string of the molecule is COc1cc(/C=C/C=C/C(=O)NC2CCC(C)CC2)ccc1OCc1ccccc1. The Morgan fingerprint density at radius 2 is 1.80 bits per heavy atom. The minimum Gasteiger partial charge on any atom is -0.493 e. The molecule has 1 aliphatic rings. The molecular formula is C26H31NO3. The number of ether oxygens (including phenoxy) is 2. The number of hydrogen-bond acceptors (Lipinski definition) is 3. The maximum absolute atomic E-state index is 12.1. The predicted molar refractivity (Wildman–Crippen MR) is 122 cm³/mol. The molecule has 0 saturated heterocycles. The molecule has 0 unspecified atom stereocenters. The van der Waals surface area contributed by atoms with E-state index in [1.807, 2.05) is 60.7 Å². The minimum atomic E-state index is -0.0264. The van der Waals surface area contributed by atoms with Crippen molar-refractivity contribution in [3.63, 3.8) is 0 Å². The third kappa shape index (κ3) is 6.80. The molecular weight excluding hydrogens is 374 g/mol. The molecule has 0 atom stereocenters. The zero-order valence-corrected chi connectivity index (χ0v) is 17.8. The van der Waals surface area contributed by atoms with Crippen LogP contribution in [-0.2, 0) is 11.4 Å². The topological polar surface area (TPSA) is 47.6 Å². The van der Waals surface area contributed by atoms with Crippen LogP contribution in [0.5, 0.6) is 11.5 Å². The number of nitrogens with one attached hydrogen (secondary N) is 1. The molecule has 1 fully saturated rings. The quantitative estimate of drug-likeness (QED) is 0.463. The van der Waals surface area contributed by atoms with Gasteiger partial charge in [-0.1, -0.05) is 61.5 Å². The van der Waals surface area contributed by atoms with E-state index in [4.69, 9.17) is 9.47 Å². The molecule has 0 aromatic heterocycles. The lowest BCUT2D eigenvalue weighted by atomic mass is 9.87. The van der Waals surface area contributed by atoms with Crippen molar-refractivity contribution in [1.82, 2.24) is 5.32 Å². The van der Waals surface area contributed by atoms with Gasteiger partial charge in [-0.05, 0) is 54.9 Å². The van der Waals surface area contributed by atoms with E-state index in [9.17, 15) is 4.79 Å². The number of methoxy groups -OCH3 is 1. The Hall–Kier alpha value is -3.01. The van der Waals surface area contributed by atoms with E-state index in [0.717, 1.165) is 29.9 Å². The summed E-state index contributed by atoms with van der Waals surface area (Å²) in [7, 11) is 1.63. The maximum atomic E-state index is 12.1. The summed E-state index contributed by atoms with van der Waals surface area (Å²) in [5, 5.41) is 3.10. The van der Waals surface area contributed by atoms with Gasteiger partial charge in [0.2, 0.25) is 5.91 Å². The van der Waals surface area contributed by atoms with Crippen LogP contribution in [0.2, 0.25) is 0 Å². The van der Waals surface area contributed by atoms with Crippen LogP contribution in [0.4, 0.5) is 0 Å². The van der Waals surface area contributed by atoms with E-state index in [1.54, 1.807) is 19.3 Å². The number of rotatable bonds is 8. The van der Waals surface area contributed by atoms with E-state index in [2.05, 4.69) is 12.2 Å². The smallest absolute Gasteiger partial charge is 0.244 e. The molecule has 0 aliphatic heterocycles. The molecule has 3 rings (SSSR count). The molecule has 0 heterocycles. The summed E-state index contributed by atoms with van der Waals surface area (Å²) in [6, 6.07) is 16.1. The largest absolute Gasteiger partial charge is 0.493 e. The molecule has 0 spiro atoms. The number of allylic oxidation sites excluding steroid dienone is 2. The van der Waals surface area contributed by atoms with Gasteiger partial charge in [0.25, 0.3) is 0 Å². The number of carbonyl (C=O) groups excluding carboxylic acids is 1. The third-order valence-corrected chi connectivity index (χ3v) is 5.43. The van der Waals surface area contributed by atoms with Gasteiger partial charge in [0.05, 0.1) is 7.11 Å². The lowest BCUT2D eigenvalue weighted by molar-refractivity contribution is -0.117. The Labute approximate surface area is 179 Å². The van der Waals surface area contributed by atoms with E-state index < -0.39 is 0 Å². The van der Waals surface area contributed by atoms with E-state index in [-0.39, 0.29) is 5.91 Å². The highest BCUT2D eigenvalue weighted by Crippen LogP contribution is 2.29. The van der Waals surface area contributed by atoms with Gasteiger partial charge in [0, 0.05) is 12.1 Å². The highest BCUT2D eigenvalue weighted by molar-refractivity contribution is 5.88. The summed E-state index contributed by atoms with van der Waals surface area (Å²) >= 11 is 0. The Bertz CT molecular complexity index is 865. The fraction of sp³-hybridized carbons (Fsp3) is 0.346. The monoisotopic (exact) mass is 405 g/mol. The van der Waals surface area contributed by atoms with Crippen LogP contribution >= 0.6 is 0 Å². The second-order valence-corrected chi connectivity index (χ2v) is 7.87. The summed E-state index contributed by atoms with van der Waals surface area (Å²) < 4.78 is 11.4. The minimum absolute atomic E-state index is 0.0264. The van der Waals surface area contributed by atoms with Gasteiger partial charge in [-0.3, -0.25) is 4.79 Å². The molecule has 2 aromatic rings. The van der Waals surface area contributed by atoms with Crippen LogP contribution in [-0.4, -0.2) is 19.1 Å². The number of amides is 1. The van der Waals surface area contributed by atoms with Crippen molar-refractivity contribution in [2.45, 2.75) is 45.3 Å². The highest BCUT2D eigenvalue weighted by atomic mass is 16.5. The molecule has 1 aliphatic carbocycles.